The van der Waals surface area contributed by atoms with Crippen LogP contribution >= 0.6 is 23.4 Å². The van der Waals surface area contributed by atoms with Gasteiger partial charge in [-0.15, -0.1) is 0 Å². The Balaban J connectivity index is 1.70. The Morgan fingerprint density at radius 3 is 2.80 bits per heavy atom. The number of methoxy groups -OCH3 is 1. The van der Waals surface area contributed by atoms with Crippen LogP contribution < -0.4 is 0 Å². The van der Waals surface area contributed by atoms with Crippen LogP contribution in [-0.2, 0) is 19.1 Å². The molecule has 0 saturated carbocycles. The van der Waals surface area contributed by atoms with E-state index in [0.717, 1.165) is 16.4 Å². The second-order valence-electron chi connectivity index (χ2n) is 7.11. The van der Waals surface area contributed by atoms with Crippen molar-refractivity contribution in [3.05, 3.63) is 57.2 Å². The number of carbonyl (C=O) groups is 2. The van der Waals surface area contributed by atoms with Crippen LogP contribution in [0.15, 0.2) is 51.6 Å². The van der Waals surface area contributed by atoms with E-state index in [-0.39, 0.29) is 12.3 Å². The first-order valence-corrected chi connectivity index (χ1v) is 10.9. The molecule has 1 aromatic rings. The minimum Gasteiger partial charge on any atom is -0.466 e. The smallest absolute Gasteiger partial charge is 0.338 e. The number of esters is 1. The molecule has 0 N–H and O–H groups in total. The van der Waals surface area contributed by atoms with Gasteiger partial charge >= 0.3 is 5.97 Å². The zero-order valence-corrected chi connectivity index (χ0v) is 18.3. The van der Waals surface area contributed by atoms with Crippen molar-refractivity contribution in [3.8, 4) is 0 Å². The fourth-order valence-electron chi connectivity index (χ4n) is 3.81. The summed E-state index contributed by atoms with van der Waals surface area (Å²) in [5.41, 5.74) is 2.67. The lowest BCUT2D eigenvalue weighted by Crippen LogP contribution is -2.42. The molecule has 0 spiro atoms. The van der Waals surface area contributed by atoms with E-state index in [0.29, 0.717) is 42.6 Å². The van der Waals surface area contributed by atoms with Gasteiger partial charge < -0.3 is 19.3 Å². The van der Waals surface area contributed by atoms with Crippen LogP contribution in [0, 0.1) is 0 Å². The van der Waals surface area contributed by atoms with Crippen LogP contribution in [0.4, 0.5) is 0 Å². The van der Waals surface area contributed by atoms with E-state index in [4.69, 9.17) is 21.1 Å². The first-order chi connectivity index (χ1) is 14.5. The number of amides is 1. The summed E-state index contributed by atoms with van der Waals surface area (Å²) in [7, 11) is 1.36. The molecule has 1 saturated heterocycles. The zero-order chi connectivity index (χ0) is 21.3. The fraction of sp³-hybridized carbons (Fsp3) is 0.381. The van der Waals surface area contributed by atoms with Gasteiger partial charge in [0.05, 0.1) is 44.1 Å². The quantitative estimate of drug-likeness (QED) is 0.659. The number of thioether (sulfide) groups is 1. The van der Waals surface area contributed by atoms with Crippen LogP contribution in [0.2, 0.25) is 5.02 Å². The Hall–Kier alpha value is -2.29. The van der Waals surface area contributed by atoms with Crippen molar-refractivity contribution >= 4 is 40.4 Å². The molecule has 1 unspecified atom stereocenters. The van der Waals surface area contributed by atoms with E-state index in [9.17, 15) is 9.59 Å². The van der Waals surface area contributed by atoms with Crippen LogP contribution in [0.1, 0.15) is 24.9 Å². The van der Waals surface area contributed by atoms with E-state index in [1.807, 2.05) is 33.4 Å². The maximum absolute atomic E-state index is 12.9. The van der Waals surface area contributed by atoms with Gasteiger partial charge in [0.1, 0.15) is 0 Å². The van der Waals surface area contributed by atoms with Crippen LogP contribution in [0.3, 0.4) is 0 Å². The van der Waals surface area contributed by atoms with E-state index in [2.05, 4.69) is 4.99 Å². The molecule has 9 heteroatoms. The molecule has 0 aromatic heterocycles. The Morgan fingerprint density at radius 1 is 1.33 bits per heavy atom. The molecule has 7 nitrogen and oxygen atoms in total. The molecule has 0 bridgehead atoms. The lowest BCUT2D eigenvalue weighted by Gasteiger charge is -2.36. The number of carbonyl (C=O) groups excluding carboxylic acids is 2. The van der Waals surface area contributed by atoms with Crippen molar-refractivity contribution in [2.24, 2.45) is 4.99 Å². The Kier molecular flexibility index (Phi) is 6.17. The third kappa shape index (κ3) is 3.99. The summed E-state index contributed by atoms with van der Waals surface area (Å²) in [4.78, 5) is 34.0. The summed E-state index contributed by atoms with van der Waals surface area (Å²) in [5, 5.41) is 3.23. The summed E-state index contributed by atoms with van der Waals surface area (Å²) >= 11 is 7.70. The first kappa shape index (κ1) is 21.0. The second kappa shape index (κ2) is 8.83. The maximum atomic E-state index is 12.9. The molecule has 3 aliphatic heterocycles. The number of nitrogens with zero attached hydrogens (tertiary/aromatic N) is 3. The highest BCUT2D eigenvalue weighted by Gasteiger charge is 2.41. The molecule has 1 aromatic carbocycles. The number of amidine groups is 1. The van der Waals surface area contributed by atoms with E-state index < -0.39 is 12.0 Å². The number of ether oxygens (including phenoxy) is 2. The van der Waals surface area contributed by atoms with Gasteiger partial charge in [0.2, 0.25) is 5.91 Å². The number of morpholine rings is 1. The molecular formula is C21H22ClN3O4S. The minimum atomic E-state index is -0.470. The average Bonchev–Trinajstić information content (AvgIpc) is 3.14. The number of rotatable bonds is 4. The van der Waals surface area contributed by atoms with Gasteiger partial charge in [0.15, 0.2) is 5.17 Å². The first-order valence-electron chi connectivity index (χ1n) is 9.63. The maximum Gasteiger partial charge on any atom is 0.338 e. The summed E-state index contributed by atoms with van der Waals surface area (Å²) in [5.74, 6) is -0.418. The molecule has 0 aliphatic carbocycles. The van der Waals surface area contributed by atoms with Crippen LogP contribution in [-0.4, -0.2) is 60.3 Å². The number of hydrogen-bond acceptors (Lipinski definition) is 7. The lowest BCUT2D eigenvalue weighted by atomic mass is 9.94. The van der Waals surface area contributed by atoms with E-state index >= 15 is 0 Å². The fourth-order valence-corrected chi connectivity index (χ4v) is 4.98. The number of halogens is 1. The number of aliphatic imine (C=N–C) groups is 1. The van der Waals surface area contributed by atoms with Gasteiger partial charge in [-0.3, -0.25) is 4.79 Å². The molecule has 4 rings (SSSR count). The van der Waals surface area contributed by atoms with Crippen LogP contribution in [0.25, 0.3) is 0 Å². The summed E-state index contributed by atoms with van der Waals surface area (Å²) in [6.07, 6.45) is 0.219. The lowest BCUT2D eigenvalue weighted by molar-refractivity contribution is -0.136. The molecule has 1 fully saturated rings. The third-order valence-electron chi connectivity index (χ3n) is 5.27. The number of allylic oxidation sites excluding steroid dienone is 1. The molecule has 3 heterocycles. The standard InChI is InChI=1S/C21H22ClN3O4S/c1-13-18(20(27)28-2)19(14-4-3-5-15(22)10-14)25-16(12-30-21(25)23-13)11-17(26)24-6-8-29-9-7-24/h3-5,10,12,19H,6-9,11H2,1-2H3. The van der Waals surface area contributed by atoms with Crippen molar-refractivity contribution in [2.45, 2.75) is 19.4 Å². The van der Waals surface area contributed by atoms with E-state index in [1.165, 1.54) is 18.9 Å². The predicted molar refractivity (Wildman–Crippen MR) is 116 cm³/mol. The van der Waals surface area contributed by atoms with Gasteiger partial charge in [-0.1, -0.05) is 35.5 Å². The molecule has 1 amide bonds. The molecule has 158 valence electrons. The van der Waals surface area contributed by atoms with E-state index in [1.54, 1.807) is 13.0 Å². The van der Waals surface area contributed by atoms with Crippen molar-refractivity contribution in [2.75, 3.05) is 33.4 Å². The minimum absolute atomic E-state index is 0.0298. The van der Waals surface area contributed by atoms with Crippen LogP contribution in [0.5, 0.6) is 0 Å². The molecule has 0 radical (unpaired) electrons. The van der Waals surface area contributed by atoms with Gasteiger partial charge in [0, 0.05) is 23.8 Å². The zero-order valence-electron chi connectivity index (χ0n) is 16.8. The largest absolute Gasteiger partial charge is 0.466 e. The number of benzene rings is 1. The summed E-state index contributed by atoms with van der Waals surface area (Å²) in [6, 6.07) is 6.91. The molecule has 30 heavy (non-hydrogen) atoms. The van der Waals surface area contributed by atoms with Crippen molar-refractivity contribution in [3.63, 3.8) is 0 Å². The monoisotopic (exact) mass is 447 g/mol. The number of fused-ring (bicyclic) bond motifs is 1. The highest BCUT2D eigenvalue weighted by atomic mass is 35.5. The predicted octanol–water partition coefficient (Wildman–Crippen LogP) is 3.34. The van der Waals surface area contributed by atoms with Crippen molar-refractivity contribution < 1.29 is 19.1 Å². The Labute approximate surface area is 184 Å². The summed E-state index contributed by atoms with van der Waals surface area (Å²) in [6.45, 7) is 4.07. The third-order valence-corrected chi connectivity index (χ3v) is 6.39. The van der Waals surface area contributed by atoms with Gasteiger partial charge in [0.25, 0.3) is 0 Å². The highest BCUT2D eigenvalue weighted by molar-refractivity contribution is 8.16. The molecule has 3 aliphatic rings. The van der Waals surface area contributed by atoms with Crippen molar-refractivity contribution in [1.82, 2.24) is 9.80 Å². The normalized spacial score (nSPS) is 21.2. The highest BCUT2D eigenvalue weighted by Crippen LogP contribution is 2.45. The average molecular weight is 448 g/mol. The molecule has 1 atom stereocenters. The Bertz CT molecular complexity index is 969. The van der Waals surface area contributed by atoms with Gasteiger partial charge in [-0.2, -0.15) is 0 Å². The molecular weight excluding hydrogens is 426 g/mol. The number of hydrogen-bond donors (Lipinski definition) is 0. The van der Waals surface area contributed by atoms with Crippen molar-refractivity contribution in [1.29, 1.82) is 0 Å². The Morgan fingerprint density at radius 2 is 2.10 bits per heavy atom. The second-order valence-corrected chi connectivity index (χ2v) is 8.38. The SMILES string of the molecule is COC(=O)C1=C(C)N=C2SC=C(CC(=O)N3CCOCC3)N2C1c1cccc(Cl)c1. The van der Waals surface area contributed by atoms with Gasteiger partial charge in [-0.05, 0) is 30.0 Å². The summed E-state index contributed by atoms with van der Waals surface area (Å²) < 4.78 is 10.4. The van der Waals surface area contributed by atoms with Gasteiger partial charge in [-0.25, -0.2) is 9.79 Å². The topological polar surface area (TPSA) is 71.4 Å².